The number of rotatable bonds is 8. The van der Waals surface area contributed by atoms with E-state index in [4.69, 9.17) is 20.8 Å². The van der Waals surface area contributed by atoms with Gasteiger partial charge in [-0.3, -0.25) is 4.79 Å². The van der Waals surface area contributed by atoms with Gasteiger partial charge in [-0.2, -0.15) is 0 Å². The van der Waals surface area contributed by atoms with E-state index in [0.717, 1.165) is 17.4 Å². The van der Waals surface area contributed by atoms with Crippen LogP contribution in [-0.2, 0) is 6.61 Å². The van der Waals surface area contributed by atoms with E-state index in [1.165, 1.54) is 0 Å². The quantitative estimate of drug-likeness (QED) is 0.663. The molecule has 0 aliphatic heterocycles. The molecule has 0 unspecified atom stereocenters. The van der Waals surface area contributed by atoms with Gasteiger partial charge in [0.1, 0.15) is 18.1 Å². The molecule has 130 valence electrons. The molecular formula is C17H20BrClN2O3. The molecule has 24 heavy (non-hydrogen) atoms. The van der Waals surface area contributed by atoms with Crippen LogP contribution in [0.5, 0.6) is 5.75 Å². The lowest BCUT2D eigenvalue weighted by Crippen LogP contribution is -2.26. The molecule has 0 saturated carbocycles. The lowest BCUT2D eigenvalue weighted by atomic mass is 10.3. The van der Waals surface area contributed by atoms with Crippen LogP contribution in [0.4, 0.5) is 0 Å². The summed E-state index contributed by atoms with van der Waals surface area (Å²) in [5.41, 5.74) is 0. The minimum atomic E-state index is -0.221. The number of hydrogen-bond donors (Lipinski definition) is 1. The van der Waals surface area contributed by atoms with Crippen LogP contribution in [-0.4, -0.2) is 38.0 Å². The second-order valence-corrected chi connectivity index (χ2v) is 6.86. The fourth-order valence-corrected chi connectivity index (χ4v) is 2.73. The van der Waals surface area contributed by atoms with Crippen molar-refractivity contribution in [3.8, 4) is 5.75 Å². The van der Waals surface area contributed by atoms with Crippen LogP contribution in [0.3, 0.4) is 0 Å². The zero-order valence-corrected chi connectivity index (χ0v) is 16.0. The number of furan rings is 1. The fourth-order valence-electron chi connectivity index (χ4n) is 2.00. The first-order valence-corrected chi connectivity index (χ1v) is 8.72. The number of halogens is 2. The predicted octanol–water partition coefficient (Wildman–Crippen LogP) is 3.96. The monoisotopic (exact) mass is 414 g/mol. The number of carbonyl (C=O) groups is 1. The Balaban J connectivity index is 1.83. The Hall–Kier alpha value is -1.50. The highest BCUT2D eigenvalue weighted by Gasteiger charge is 2.11. The van der Waals surface area contributed by atoms with Crippen molar-refractivity contribution in [3.63, 3.8) is 0 Å². The zero-order chi connectivity index (χ0) is 17.5. The van der Waals surface area contributed by atoms with Crippen molar-refractivity contribution >= 4 is 33.4 Å². The van der Waals surface area contributed by atoms with Crippen LogP contribution in [0.25, 0.3) is 0 Å². The van der Waals surface area contributed by atoms with Crippen LogP contribution < -0.4 is 10.1 Å². The summed E-state index contributed by atoms with van der Waals surface area (Å²) in [5.74, 6) is 1.18. The van der Waals surface area contributed by atoms with Crippen molar-refractivity contribution < 1.29 is 13.9 Å². The molecule has 1 aromatic carbocycles. The first kappa shape index (κ1) is 18.8. The molecule has 0 radical (unpaired) electrons. The van der Waals surface area contributed by atoms with Crippen molar-refractivity contribution in [2.75, 3.05) is 27.2 Å². The van der Waals surface area contributed by atoms with Gasteiger partial charge in [0.15, 0.2) is 5.76 Å². The molecular weight excluding hydrogens is 396 g/mol. The fraction of sp³-hybridized carbons (Fsp3) is 0.353. The molecule has 1 amide bonds. The maximum Gasteiger partial charge on any atom is 0.286 e. The lowest BCUT2D eigenvalue weighted by molar-refractivity contribution is 0.0920. The Morgan fingerprint density at radius 1 is 1.33 bits per heavy atom. The molecule has 2 aromatic rings. The second kappa shape index (κ2) is 9.11. The van der Waals surface area contributed by atoms with Gasteiger partial charge in [-0.05, 0) is 57.4 Å². The van der Waals surface area contributed by atoms with Gasteiger partial charge >= 0.3 is 0 Å². The van der Waals surface area contributed by atoms with E-state index in [1.54, 1.807) is 24.3 Å². The average Bonchev–Trinajstić information content (AvgIpc) is 2.99. The van der Waals surface area contributed by atoms with Crippen molar-refractivity contribution in [1.82, 2.24) is 10.2 Å². The summed E-state index contributed by atoms with van der Waals surface area (Å²) in [6.45, 7) is 1.73. The second-order valence-electron chi connectivity index (χ2n) is 5.54. The molecule has 5 nitrogen and oxygen atoms in total. The van der Waals surface area contributed by atoms with E-state index in [9.17, 15) is 4.79 Å². The van der Waals surface area contributed by atoms with Gasteiger partial charge in [0.05, 0.1) is 5.02 Å². The summed E-state index contributed by atoms with van der Waals surface area (Å²) >= 11 is 9.43. The standard InChI is InChI=1S/C17H20BrClN2O3/c1-21(2)9-3-8-20-17(22)16-7-5-13(24-16)11-23-15-6-4-12(18)10-14(15)19/h4-7,10H,3,8-9,11H2,1-2H3,(H,20,22). The molecule has 1 N–H and O–H groups in total. The van der Waals surface area contributed by atoms with Crippen LogP contribution >= 0.6 is 27.5 Å². The third-order valence-corrected chi connectivity index (χ3v) is 4.01. The topological polar surface area (TPSA) is 54.7 Å². The Morgan fingerprint density at radius 2 is 2.12 bits per heavy atom. The van der Waals surface area contributed by atoms with E-state index in [1.807, 2.05) is 20.2 Å². The SMILES string of the molecule is CN(C)CCCNC(=O)c1ccc(COc2ccc(Br)cc2Cl)o1. The Kier molecular flexibility index (Phi) is 7.15. The molecule has 0 fully saturated rings. The van der Waals surface area contributed by atoms with Gasteiger partial charge in [-0.1, -0.05) is 27.5 Å². The van der Waals surface area contributed by atoms with Gasteiger partial charge in [0.2, 0.25) is 0 Å². The van der Waals surface area contributed by atoms with E-state index in [2.05, 4.69) is 26.1 Å². The Labute approximate surface area is 155 Å². The van der Waals surface area contributed by atoms with Crippen molar-refractivity contribution in [2.45, 2.75) is 13.0 Å². The van der Waals surface area contributed by atoms with Gasteiger partial charge in [0, 0.05) is 11.0 Å². The summed E-state index contributed by atoms with van der Waals surface area (Å²) in [6.07, 6.45) is 0.886. The molecule has 1 aromatic heterocycles. The Morgan fingerprint density at radius 3 is 2.83 bits per heavy atom. The first-order valence-electron chi connectivity index (χ1n) is 7.55. The average molecular weight is 416 g/mol. The largest absolute Gasteiger partial charge is 0.484 e. The van der Waals surface area contributed by atoms with Gasteiger partial charge in [-0.15, -0.1) is 0 Å². The number of nitrogens with zero attached hydrogens (tertiary/aromatic N) is 1. The number of nitrogens with one attached hydrogen (secondary N) is 1. The molecule has 0 atom stereocenters. The summed E-state index contributed by atoms with van der Waals surface area (Å²) in [4.78, 5) is 14.1. The van der Waals surface area contributed by atoms with Crippen LogP contribution in [0.1, 0.15) is 22.7 Å². The number of amides is 1. The zero-order valence-electron chi connectivity index (χ0n) is 13.6. The normalized spacial score (nSPS) is 10.9. The summed E-state index contributed by atoms with van der Waals surface area (Å²) in [6, 6.07) is 8.74. The maximum atomic E-state index is 12.0. The predicted molar refractivity (Wildman–Crippen MR) is 97.7 cm³/mol. The molecule has 0 spiro atoms. The smallest absolute Gasteiger partial charge is 0.286 e. The number of benzene rings is 1. The number of carbonyl (C=O) groups excluding carboxylic acids is 1. The van der Waals surface area contributed by atoms with Crippen molar-refractivity contribution in [3.05, 3.63) is 51.3 Å². The van der Waals surface area contributed by atoms with Crippen LogP contribution in [0, 0.1) is 0 Å². The highest BCUT2D eigenvalue weighted by atomic mass is 79.9. The van der Waals surface area contributed by atoms with E-state index >= 15 is 0 Å². The Bertz CT molecular complexity index is 688. The van der Waals surface area contributed by atoms with Crippen LogP contribution in [0.2, 0.25) is 5.02 Å². The summed E-state index contributed by atoms with van der Waals surface area (Å²) in [7, 11) is 4.00. The number of hydrogen-bond acceptors (Lipinski definition) is 4. The van der Waals surface area contributed by atoms with E-state index < -0.39 is 0 Å². The minimum absolute atomic E-state index is 0.204. The van der Waals surface area contributed by atoms with Gasteiger partial charge in [-0.25, -0.2) is 0 Å². The van der Waals surface area contributed by atoms with E-state index in [-0.39, 0.29) is 18.3 Å². The van der Waals surface area contributed by atoms with Crippen LogP contribution in [0.15, 0.2) is 39.2 Å². The third kappa shape index (κ3) is 5.85. The first-order chi connectivity index (χ1) is 11.5. The minimum Gasteiger partial charge on any atom is -0.484 e. The number of ether oxygens (including phenoxy) is 1. The van der Waals surface area contributed by atoms with Gasteiger partial charge < -0.3 is 19.4 Å². The molecule has 7 heteroatoms. The van der Waals surface area contributed by atoms with E-state index in [0.29, 0.717) is 23.1 Å². The highest BCUT2D eigenvalue weighted by molar-refractivity contribution is 9.10. The summed E-state index contributed by atoms with van der Waals surface area (Å²) < 4.78 is 12.0. The highest BCUT2D eigenvalue weighted by Crippen LogP contribution is 2.28. The third-order valence-electron chi connectivity index (χ3n) is 3.22. The maximum absolute atomic E-state index is 12.0. The molecule has 0 aliphatic rings. The lowest BCUT2D eigenvalue weighted by Gasteiger charge is -2.09. The molecule has 0 saturated heterocycles. The van der Waals surface area contributed by atoms with Crippen molar-refractivity contribution in [1.29, 1.82) is 0 Å². The van der Waals surface area contributed by atoms with Gasteiger partial charge in [0.25, 0.3) is 5.91 Å². The molecule has 2 rings (SSSR count). The molecule has 0 bridgehead atoms. The van der Waals surface area contributed by atoms with Crippen molar-refractivity contribution in [2.24, 2.45) is 0 Å². The molecule has 1 heterocycles. The molecule has 0 aliphatic carbocycles. The summed E-state index contributed by atoms with van der Waals surface area (Å²) in [5, 5.41) is 3.34.